The van der Waals surface area contributed by atoms with E-state index in [0.717, 1.165) is 38.2 Å². The summed E-state index contributed by atoms with van der Waals surface area (Å²) in [7, 11) is 3.27. The molecular weight excluding hydrogens is 504 g/mol. The Morgan fingerprint density at radius 2 is 1.66 bits per heavy atom. The lowest BCUT2D eigenvalue weighted by Crippen LogP contribution is -2.33. The second-order valence-electron chi connectivity index (χ2n) is 10.0. The predicted molar refractivity (Wildman–Crippen MR) is 150 cm³/mol. The zero-order valence-electron chi connectivity index (χ0n) is 23.6. The van der Waals surface area contributed by atoms with E-state index in [4.69, 9.17) is 9.47 Å². The van der Waals surface area contributed by atoms with Gasteiger partial charge >= 0.3 is 0 Å². The van der Waals surface area contributed by atoms with Crippen LogP contribution in [0.5, 0.6) is 5.75 Å². The first-order valence-electron chi connectivity index (χ1n) is 13.0. The van der Waals surface area contributed by atoms with Crippen molar-refractivity contribution in [2.75, 3.05) is 79.1 Å². The maximum Gasteiger partial charge on any atom is 0.248 e. The minimum Gasteiger partial charge on any atom is -0.497 e. The van der Waals surface area contributed by atoms with Crippen LogP contribution in [0.25, 0.3) is 0 Å². The molecule has 1 aliphatic rings. The third-order valence-corrected chi connectivity index (χ3v) is 9.14. The molecule has 1 aliphatic heterocycles. The van der Waals surface area contributed by atoms with Crippen LogP contribution >= 0.6 is 0 Å². The van der Waals surface area contributed by atoms with Gasteiger partial charge in [0.05, 0.1) is 18.6 Å². The van der Waals surface area contributed by atoms with E-state index in [-0.39, 0.29) is 30.6 Å². The fourth-order valence-corrected chi connectivity index (χ4v) is 6.21. The standard InChI is InChI=1S/C28H42N4O5S/c1-22-18-26(36-6)19-23(2)28(22)38(34,35)31(5)16-17-37-21-27(33)30(4)20-24-8-10-25(11-9-24)32-13-7-12-29(3)14-15-32/h8-11,18-19H,7,12-17,20-21H2,1-6H3. The maximum atomic E-state index is 13.1. The average Bonchev–Trinajstić information content (AvgIpc) is 3.10. The van der Waals surface area contributed by atoms with Crippen LogP contribution < -0.4 is 9.64 Å². The van der Waals surface area contributed by atoms with E-state index in [1.807, 2.05) is 0 Å². The molecule has 2 aromatic rings. The Kier molecular flexibility index (Phi) is 10.6. The van der Waals surface area contributed by atoms with Gasteiger partial charge in [0.15, 0.2) is 0 Å². The minimum absolute atomic E-state index is 0.107. The van der Waals surface area contributed by atoms with Crippen molar-refractivity contribution < 1.29 is 22.7 Å². The number of ether oxygens (including phenoxy) is 2. The lowest BCUT2D eigenvalue weighted by molar-refractivity contribution is -0.135. The Hall–Kier alpha value is -2.66. The van der Waals surface area contributed by atoms with E-state index in [1.54, 1.807) is 45.0 Å². The maximum absolute atomic E-state index is 13.1. The summed E-state index contributed by atoms with van der Waals surface area (Å²) in [5.41, 5.74) is 3.50. The molecular formula is C28H42N4O5S. The lowest BCUT2D eigenvalue weighted by atomic mass is 10.1. The van der Waals surface area contributed by atoms with Gasteiger partial charge in [-0.25, -0.2) is 8.42 Å². The van der Waals surface area contributed by atoms with Gasteiger partial charge in [-0.1, -0.05) is 12.1 Å². The molecule has 0 spiro atoms. The Balaban J connectivity index is 1.45. The Bertz CT molecular complexity index is 1160. The normalized spacial score (nSPS) is 15.0. The van der Waals surface area contributed by atoms with Crippen molar-refractivity contribution in [2.24, 2.45) is 0 Å². The largest absolute Gasteiger partial charge is 0.497 e. The van der Waals surface area contributed by atoms with Gasteiger partial charge < -0.3 is 24.2 Å². The SMILES string of the molecule is COc1cc(C)c(S(=O)(=O)N(C)CCOCC(=O)N(C)Cc2ccc(N3CCCN(C)CC3)cc2)c(C)c1. The van der Waals surface area contributed by atoms with Crippen molar-refractivity contribution in [1.29, 1.82) is 0 Å². The summed E-state index contributed by atoms with van der Waals surface area (Å²) in [4.78, 5) is 19.2. The lowest BCUT2D eigenvalue weighted by Gasteiger charge is -2.23. The summed E-state index contributed by atoms with van der Waals surface area (Å²) in [6.45, 7) is 8.38. The summed E-state index contributed by atoms with van der Waals surface area (Å²) >= 11 is 0. The van der Waals surface area contributed by atoms with E-state index in [9.17, 15) is 13.2 Å². The molecule has 1 saturated heterocycles. The van der Waals surface area contributed by atoms with E-state index < -0.39 is 10.0 Å². The van der Waals surface area contributed by atoms with Crippen LogP contribution in [0.1, 0.15) is 23.1 Å². The molecule has 0 aromatic heterocycles. The first kappa shape index (κ1) is 29.9. The quantitative estimate of drug-likeness (QED) is 0.401. The number of sulfonamides is 1. The molecule has 0 atom stereocenters. The van der Waals surface area contributed by atoms with Gasteiger partial charge in [-0.05, 0) is 74.8 Å². The molecule has 1 amide bonds. The fourth-order valence-electron chi connectivity index (χ4n) is 4.65. The second-order valence-corrected chi connectivity index (χ2v) is 12.0. The molecule has 0 radical (unpaired) electrons. The number of likely N-dealkylation sites (N-methyl/N-ethyl adjacent to an activating group) is 3. The van der Waals surface area contributed by atoms with Crippen LogP contribution in [0.3, 0.4) is 0 Å². The van der Waals surface area contributed by atoms with Crippen molar-refractivity contribution >= 4 is 21.6 Å². The van der Waals surface area contributed by atoms with Crippen LogP contribution in [-0.2, 0) is 26.1 Å². The summed E-state index contributed by atoms with van der Waals surface area (Å²) < 4.78 is 38.3. The van der Waals surface area contributed by atoms with Gasteiger partial charge in [-0.3, -0.25) is 4.79 Å². The zero-order chi connectivity index (χ0) is 27.9. The van der Waals surface area contributed by atoms with Crippen LogP contribution in [0.15, 0.2) is 41.3 Å². The van der Waals surface area contributed by atoms with Crippen molar-refractivity contribution in [3.8, 4) is 5.75 Å². The number of benzene rings is 2. The van der Waals surface area contributed by atoms with Gasteiger partial charge in [-0.2, -0.15) is 4.31 Å². The molecule has 1 fully saturated rings. The number of hydrogen-bond acceptors (Lipinski definition) is 7. The van der Waals surface area contributed by atoms with Gasteiger partial charge in [0, 0.05) is 52.5 Å². The monoisotopic (exact) mass is 546 g/mol. The van der Waals surface area contributed by atoms with Crippen molar-refractivity contribution in [3.63, 3.8) is 0 Å². The summed E-state index contributed by atoms with van der Waals surface area (Å²) in [5, 5.41) is 0. The molecule has 1 heterocycles. The third-order valence-electron chi connectivity index (χ3n) is 6.98. The second kappa shape index (κ2) is 13.4. The number of methoxy groups -OCH3 is 1. The molecule has 38 heavy (non-hydrogen) atoms. The van der Waals surface area contributed by atoms with Gasteiger partial charge in [0.25, 0.3) is 0 Å². The first-order valence-corrected chi connectivity index (χ1v) is 14.4. The Morgan fingerprint density at radius 3 is 2.29 bits per heavy atom. The molecule has 3 rings (SSSR count). The minimum atomic E-state index is -3.70. The smallest absolute Gasteiger partial charge is 0.248 e. The highest BCUT2D eigenvalue weighted by molar-refractivity contribution is 7.89. The topological polar surface area (TPSA) is 82.6 Å². The van der Waals surface area contributed by atoms with E-state index in [0.29, 0.717) is 23.4 Å². The van der Waals surface area contributed by atoms with Crippen LogP contribution in [0.2, 0.25) is 0 Å². The highest BCUT2D eigenvalue weighted by Crippen LogP contribution is 2.27. The van der Waals surface area contributed by atoms with Gasteiger partial charge in [0.2, 0.25) is 15.9 Å². The molecule has 0 unspecified atom stereocenters. The third kappa shape index (κ3) is 7.69. The highest BCUT2D eigenvalue weighted by atomic mass is 32.2. The first-order chi connectivity index (χ1) is 18.0. The molecule has 0 N–H and O–H groups in total. The number of carbonyl (C=O) groups is 1. The van der Waals surface area contributed by atoms with E-state index >= 15 is 0 Å². The summed E-state index contributed by atoms with van der Waals surface area (Å²) in [5.74, 6) is 0.464. The fraction of sp³-hybridized carbons (Fsp3) is 0.536. The number of hydrogen-bond donors (Lipinski definition) is 0. The molecule has 10 heteroatoms. The van der Waals surface area contributed by atoms with Crippen LogP contribution in [-0.4, -0.2) is 103 Å². The molecule has 9 nitrogen and oxygen atoms in total. The number of carbonyl (C=O) groups excluding carboxylic acids is 1. The number of nitrogens with zero attached hydrogens (tertiary/aromatic N) is 4. The average molecular weight is 547 g/mol. The number of anilines is 1. The molecule has 0 bridgehead atoms. The van der Waals surface area contributed by atoms with E-state index in [2.05, 4.69) is 41.1 Å². The van der Waals surface area contributed by atoms with Crippen molar-refractivity contribution in [2.45, 2.75) is 31.7 Å². The Morgan fingerprint density at radius 1 is 1.00 bits per heavy atom. The highest BCUT2D eigenvalue weighted by Gasteiger charge is 2.25. The van der Waals surface area contributed by atoms with E-state index in [1.165, 1.54) is 17.0 Å². The zero-order valence-corrected chi connectivity index (χ0v) is 24.4. The molecule has 210 valence electrons. The van der Waals surface area contributed by atoms with Crippen molar-refractivity contribution in [1.82, 2.24) is 14.1 Å². The van der Waals surface area contributed by atoms with Gasteiger partial charge in [0.1, 0.15) is 12.4 Å². The van der Waals surface area contributed by atoms with Crippen LogP contribution in [0, 0.1) is 13.8 Å². The van der Waals surface area contributed by atoms with Gasteiger partial charge in [-0.15, -0.1) is 0 Å². The predicted octanol–water partition coefficient (Wildman–Crippen LogP) is 2.75. The Labute approximate surface area is 228 Å². The number of rotatable bonds is 11. The summed E-state index contributed by atoms with van der Waals surface area (Å²) in [6, 6.07) is 11.8. The number of aryl methyl sites for hydroxylation is 2. The summed E-state index contributed by atoms with van der Waals surface area (Å²) in [6.07, 6.45) is 1.15. The number of amides is 1. The molecule has 0 aliphatic carbocycles. The molecule has 0 saturated carbocycles. The van der Waals surface area contributed by atoms with Crippen LogP contribution in [0.4, 0.5) is 5.69 Å². The van der Waals surface area contributed by atoms with Crippen molar-refractivity contribution in [3.05, 3.63) is 53.1 Å². The molecule has 2 aromatic carbocycles.